The summed E-state index contributed by atoms with van der Waals surface area (Å²) in [5.74, 6) is 1.62. The van der Waals surface area contributed by atoms with Crippen LogP contribution < -0.4 is 20.5 Å². The van der Waals surface area contributed by atoms with Crippen LogP contribution in [0, 0.1) is 6.92 Å². The minimum Gasteiger partial charge on any atom is -0.494 e. The van der Waals surface area contributed by atoms with Crippen LogP contribution >= 0.6 is 0 Å². The summed E-state index contributed by atoms with van der Waals surface area (Å²) < 4.78 is 11.2. The number of aryl methyl sites for hydroxylation is 1. The Labute approximate surface area is 125 Å². The maximum atomic E-state index is 5.79. The number of anilines is 3. The lowest BCUT2D eigenvalue weighted by atomic mass is 10.1. The molecule has 2 rings (SSSR count). The van der Waals surface area contributed by atoms with E-state index in [9.17, 15) is 0 Å². The van der Waals surface area contributed by atoms with Gasteiger partial charge < -0.3 is 20.5 Å². The van der Waals surface area contributed by atoms with E-state index < -0.39 is 0 Å². The molecule has 0 saturated carbocycles. The van der Waals surface area contributed by atoms with Gasteiger partial charge in [-0.05, 0) is 56.7 Å². The minimum absolute atomic E-state index is 0.614. The Hall–Kier alpha value is -2.36. The summed E-state index contributed by atoms with van der Waals surface area (Å²) in [6.45, 7) is 7.20. The molecule has 0 aliphatic heterocycles. The van der Waals surface area contributed by atoms with Crippen molar-refractivity contribution in [2.75, 3.05) is 24.3 Å². The van der Waals surface area contributed by atoms with Crippen LogP contribution in [0.3, 0.4) is 0 Å². The predicted molar refractivity (Wildman–Crippen MR) is 87.7 cm³/mol. The average Bonchev–Trinajstić information content (AvgIpc) is 2.45. The zero-order valence-electron chi connectivity index (χ0n) is 12.8. The Kier molecular flexibility index (Phi) is 4.93. The maximum Gasteiger partial charge on any atom is 0.142 e. The van der Waals surface area contributed by atoms with Crippen molar-refractivity contribution in [3.05, 3.63) is 42.0 Å². The van der Waals surface area contributed by atoms with Gasteiger partial charge in [-0.15, -0.1) is 0 Å². The van der Waals surface area contributed by atoms with E-state index in [-0.39, 0.29) is 0 Å². The molecule has 0 saturated heterocycles. The highest BCUT2D eigenvalue weighted by molar-refractivity contribution is 5.71. The normalized spacial score (nSPS) is 10.2. The van der Waals surface area contributed by atoms with Gasteiger partial charge in [0, 0.05) is 17.4 Å². The lowest BCUT2D eigenvalue weighted by Crippen LogP contribution is -2.01. The van der Waals surface area contributed by atoms with Crippen molar-refractivity contribution in [1.29, 1.82) is 0 Å². The van der Waals surface area contributed by atoms with Crippen molar-refractivity contribution in [3.8, 4) is 11.5 Å². The quantitative estimate of drug-likeness (QED) is 0.784. The van der Waals surface area contributed by atoms with Gasteiger partial charge in [0.2, 0.25) is 0 Å². The predicted octanol–water partition coefficient (Wildman–Crippen LogP) is 4.12. The Morgan fingerprint density at radius 3 is 2.38 bits per heavy atom. The number of ether oxygens (including phenoxy) is 2. The highest BCUT2D eigenvalue weighted by Crippen LogP contribution is 2.33. The van der Waals surface area contributed by atoms with Crippen molar-refractivity contribution in [2.24, 2.45) is 0 Å². The SMILES string of the molecule is CCOc1ccc(OCC)c(Nc2ccc(N)cc2C)c1. The summed E-state index contributed by atoms with van der Waals surface area (Å²) in [4.78, 5) is 0. The molecule has 0 bridgehead atoms. The van der Waals surface area contributed by atoms with E-state index in [4.69, 9.17) is 15.2 Å². The molecule has 2 aromatic rings. The highest BCUT2D eigenvalue weighted by Gasteiger charge is 2.08. The van der Waals surface area contributed by atoms with Crippen molar-refractivity contribution in [2.45, 2.75) is 20.8 Å². The van der Waals surface area contributed by atoms with E-state index in [1.807, 2.05) is 57.2 Å². The topological polar surface area (TPSA) is 56.5 Å². The third-order valence-corrected chi connectivity index (χ3v) is 3.08. The molecule has 21 heavy (non-hydrogen) atoms. The maximum absolute atomic E-state index is 5.79. The number of benzene rings is 2. The number of rotatable bonds is 6. The summed E-state index contributed by atoms with van der Waals surface area (Å²) in [6.07, 6.45) is 0. The molecule has 0 amide bonds. The number of nitrogen functional groups attached to an aromatic ring is 1. The molecule has 0 aliphatic rings. The van der Waals surface area contributed by atoms with Crippen molar-refractivity contribution >= 4 is 17.1 Å². The zero-order chi connectivity index (χ0) is 15.2. The van der Waals surface area contributed by atoms with Crippen LogP contribution in [0.15, 0.2) is 36.4 Å². The van der Waals surface area contributed by atoms with Crippen LogP contribution in [0.5, 0.6) is 11.5 Å². The molecule has 0 radical (unpaired) electrons. The number of hydrogen-bond acceptors (Lipinski definition) is 4. The van der Waals surface area contributed by atoms with E-state index >= 15 is 0 Å². The van der Waals surface area contributed by atoms with Crippen molar-refractivity contribution in [3.63, 3.8) is 0 Å². The standard InChI is InChI=1S/C17H22N2O2/c1-4-20-14-7-9-17(21-5-2)16(11-14)19-15-8-6-13(18)10-12(15)3/h6-11,19H,4-5,18H2,1-3H3. The first-order valence-corrected chi connectivity index (χ1v) is 7.16. The molecule has 2 aromatic carbocycles. The van der Waals surface area contributed by atoms with Crippen LogP contribution in [0.2, 0.25) is 0 Å². The van der Waals surface area contributed by atoms with Crippen LogP contribution in [0.4, 0.5) is 17.1 Å². The molecule has 4 nitrogen and oxygen atoms in total. The van der Waals surface area contributed by atoms with Crippen molar-refractivity contribution in [1.82, 2.24) is 0 Å². The van der Waals surface area contributed by atoms with Gasteiger partial charge in [-0.3, -0.25) is 0 Å². The minimum atomic E-state index is 0.614. The highest BCUT2D eigenvalue weighted by atomic mass is 16.5. The number of hydrogen-bond donors (Lipinski definition) is 2. The first-order valence-electron chi connectivity index (χ1n) is 7.16. The molecule has 0 spiro atoms. The largest absolute Gasteiger partial charge is 0.494 e. The van der Waals surface area contributed by atoms with E-state index in [1.54, 1.807) is 0 Å². The molecule has 3 N–H and O–H groups in total. The zero-order valence-corrected chi connectivity index (χ0v) is 12.8. The second-order valence-electron chi connectivity index (χ2n) is 4.72. The van der Waals surface area contributed by atoms with Gasteiger partial charge in [0.15, 0.2) is 0 Å². The number of nitrogens with two attached hydrogens (primary N) is 1. The van der Waals surface area contributed by atoms with Gasteiger partial charge in [0.05, 0.1) is 18.9 Å². The van der Waals surface area contributed by atoms with Crippen LogP contribution in [0.1, 0.15) is 19.4 Å². The summed E-state index contributed by atoms with van der Waals surface area (Å²) in [7, 11) is 0. The lowest BCUT2D eigenvalue weighted by Gasteiger charge is -2.16. The molecule has 0 fully saturated rings. The smallest absolute Gasteiger partial charge is 0.142 e. The van der Waals surface area contributed by atoms with E-state index in [0.717, 1.165) is 34.1 Å². The Morgan fingerprint density at radius 2 is 1.71 bits per heavy atom. The van der Waals surface area contributed by atoms with Crippen LogP contribution in [0.25, 0.3) is 0 Å². The van der Waals surface area contributed by atoms with Gasteiger partial charge >= 0.3 is 0 Å². The molecule has 0 aliphatic carbocycles. The Morgan fingerprint density at radius 1 is 0.952 bits per heavy atom. The molecule has 112 valence electrons. The summed E-state index contributed by atoms with van der Waals surface area (Å²) in [6, 6.07) is 11.6. The van der Waals surface area contributed by atoms with Gasteiger partial charge in [-0.1, -0.05) is 0 Å². The summed E-state index contributed by atoms with van der Waals surface area (Å²) in [5.41, 5.74) is 9.51. The van der Waals surface area contributed by atoms with Crippen LogP contribution in [-0.2, 0) is 0 Å². The first kappa shape index (κ1) is 15.0. The van der Waals surface area contributed by atoms with Crippen molar-refractivity contribution < 1.29 is 9.47 Å². The second kappa shape index (κ2) is 6.88. The van der Waals surface area contributed by atoms with Gasteiger partial charge in [0.25, 0.3) is 0 Å². The molecular weight excluding hydrogens is 264 g/mol. The van der Waals surface area contributed by atoms with E-state index in [0.29, 0.717) is 13.2 Å². The third kappa shape index (κ3) is 3.81. The number of nitrogens with one attached hydrogen (secondary N) is 1. The van der Waals surface area contributed by atoms with E-state index in [2.05, 4.69) is 5.32 Å². The van der Waals surface area contributed by atoms with E-state index in [1.165, 1.54) is 0 Å². The van der Waals surface area contributed by atoms with Crippen LogP contribution in [-0.4, -0.2) is 13.2 Å². The molecular formula is C17H22N2O2. The fourth-order valence-electron chi connectivity index (χ4n) is 2.12. The van der Waals surface area contributed by atoms with Gasteiger partial charge in [-0.2, -0.15) is 0 Å². The second-order valence-corrected chi connectivity index (χ2v) is 4.72. The average molecular weight is 286 g/mol. The summed E-state index contributed by atoms with van der Waals surface area (Å²) in [5, 5.41) is 3.39. The third-order valence-electron chi connectivity index (χ3n) is 3.08. The molecule has 0 unspecified atom stereocenters. The molecule has 4 heteroatoms. The fourth-order valence-corrected chi connectivity index (χ4v) is 2.12. The molecule has 0 heterocycles. The van der Waals surface area contributed by atoms with Gasteiger partial charge in [-0.25, -0.2) is 0 Å². The molecule has 0 aromatic heterocycles. The first-order chi connectivity index (χ1) is 10.1. The lowest BCUT2D eigenvalue weighted by molar-refractivity contribution is 0.332. The monoisotopic (exact) mass is 286 g/mol. The van der Waals surface area contributed by atoms with Gasteiger partial charge in [0.1, 0.15) is 11.5 Å². The Balaban J connectivity index is 2.33. The summed E-state index contributed by atoms with van der Waals surface area (Å²) >= 11 is 0. The fraction of sp³-hybridized carbons (Fsp3) is 0.294. The molecule has 0 atom stereocenters. The Bertz CT molecular complexity index is 612.